The lowest BCUT2D eigenvalue weighted by Gasteiger charge is -2.09. The van der Waals surface area contributed by atoms with E-state index in [2.05, 4.69) is 22.0 Å². The summed E-state index contributed by atoms with van der Waals surface area (Å²) in [5.41, 5.74) is 5.75. The van der Waals surface area contributed by atoms with Gasteiger partial charge in [0.15, 0.2) is 11.6 Å². The summed E-state index contributed by atoms with van der Waals surface area (Å²) >= 11 is 0. The highest BCUT2D eigenvalue weighted by molar-refractivity contribution is 5.95. The van der Waals surface area contributed by atoms with Gasteiger partial charge in [0.25, 0.3) is 11.8 Å². The minimum atomic E-state index is -0.940. The van der Waals surface area contributed by atoms with Crippen molar-refractivity contribution in [3.63, 3.8) is 0 Å². The van der Waals surface area contributed by atoms with Crippen molar-refractivity contribution in [3.8, 4) is 5.75 Å². The normalized spacial score (nSPS) is 14.3. The Bertz CT molecular complexity index is 842. The van der Waals surface area contributed by atoms with E-state index in [-0.39, 0.29) is 23.5 Å². The minimum Gasteiger partial charge on any atom is -0.494 e. The molecule has 0 aliphatic carbocycles. The van der Waals surface area contributed by atoms with Crippen LogP contribution in [0.4, 0.5) is 14.5 Å². The Balaban J connectivity index is 0.000000288. The second-order valence-corrected chi connectivity index (χ2v) is 6.54. The molecule has 1 aliphatic heterocycles. The topological polar surface area (TPSA) is 113 Å². The molecule has 1 aliphatic rings. The van der Waals surface area contributed by atoms with Gasteiger partial charge in [0.2, 0.25) is 5.82 Å². The molecule has 1 atom stereocenters. The first-order chi connectivity index (χ1) is 15.3. The minimum absolute atomic E-state index is 0.0694. The predicted molar refractivity (Wildman–Crippen MR) is 115 cm³/mol. The third-order valence-corrected chi connectivity index (χ3v) is 4.05. The Morgan fingerprint density at radius 3 is 2.44 bits per heavy atom. The summed E-state index contributed by atoms with van der Waals surface area (Å²) in [6.45, 7) is 3.60. The summed E-state index contributed by atoms with van der Waals surface area (Å²) < 4.78 is 39.3. The molecule has 0 saturated carbocycles. The Kier molecular flexibility index (Phi) is 12.5. The van der Waals surface area contributed by atoms with E-state index in [9.17, 15) is 18.4 Å². The van der Waals surface area contributed by atoms with E-state index in [1.54, 1.807) is 13.2 Å². The number of nitrogens with one attached hydrogen (secondary N) is 1. The van der Waals surface area contributed by atoms with Crippen LogP contribution in [0.2, 0.25) is 0 Å². The number of primary amides is 1. The third-order valence-electron chi connectivity index (χ3n) is 4.05. The molecule has 1 fully saturated rings. The summed E-state index contributed by atoms with van der Waals surface area (Å²) in [6.07, 6.45) is 3.77. The van der Waals surface area contributed by atoms with Gasteiger partial charge < -0.3 is 25.3 Å². The SMILES string of the molecule is CCCOC.COc1cccc(F)c1F.NC(=O)c1ccc(NC(=O)[C@H]2CCCO2)cn1. The lowest BCUT2D eigenvalue weighted by molar-refractivity contribution is -0.124. The van der Waals surface area contributed by atoms with Crippen molar-refractivity contribution in [1.29, 1.82) is 0 Å². The van der Waals surface area contributed by atoms with E-state index >= 15 is 0 Å². The maximum Gasteiger partial charge on any atom is 0.267 e. The van der Waals surface area contributed by atoms with E-state index < -0.39 is 17.5 Å². The Labute approximate surface area is 186 Å². The highest BCUT2D eigenvalue weighted by atomic mass is 19.2. The molecule has 8 nitrogen and oxygen atoms in total. The largest absolute Gasteiger partial charge is 0.494 e. The van der Waals surface area contributed by atoms with E-state index in [0.717, 1.165) is 31.9 Å². The van der Waals surface area contributed by atoms with Gasteiger partial charge in [-0.2, -0.15) is 4.39 Å². The fourth-order valence-electron chi connectivity index (χ4n) is 2.47. The first-order valence-electron chi connectivity index (χ1n) is 9.99. The molecule has 0 radical (unpaired) electrons. The second kappa shape index (κ2) is 14.8. The standard InChI is InChI=1S/C11H13N3O3.C7H6F2O.C4H10O/c12-10(15)8-4-3-7(6-13-8)14-11(16)9-2-1-5-17-9;1-10-6-4-2-3-5(8)7(6)9;1-3-4-5-2/h3-4,6,9H,1-2,5H2,(H2,12,15)(H,14,16);2-4H,1H3;3-4H2,1-2H3/t9-;;/m1../s1. The monoisotopic (exact) mass is 453 g/mol. The molecule has 0 spiro atoms. The van der Waals surface area contributed by atoms with Crippen LogP contribution in [0.1, 0.15) is 36.7 Å². The molecule has 0 bridgehead atoms. The summed E-state index contributed by atoms with van der Waals surface area (Å²) in [5.74, 6) is -2.68. The van der Waals surface area contributed by atoms with Gasteiger partial charge in [0.05, 0.1) is 19.0 Å². The van der Waals surface area contributed by atoms with Crippen molar-refractivity contribution in [3.05, 3.63) is 53.9 Å². The second-order valence-electron chi connectivity index (χ2n) is 6.54. The Morgan fingerprint density at radius 1 is 1.25 bits per heavy atom. The zero-order chi connectivity index (χ0) is 23.9. The number of aromatic nitrogens is 1. The molecular formula is C22H29F2N3O5. The van der Waals surface area contributed by atoms with Crippen LogP contribution in [-0.2, 0) is 14.3 Å². The summed E-state index contributed by atoms with van der Waals surface area (Å²) in [6, 6.07) is 6.83. The maximum absolute atomic E-state index is 12.5. The highest BCUT2D eigenvalue weighted by Gasteiger charge is 2.23. The number of carbonyl (C=O) groups excluding carboxylic acids is 2. The van der Waals surface area contributed by atoms with Gasteiger partial charge in [-0.3, -0.25) is 9.59 Å². The van der Waals surface area contributed by atoms with Crippen LogP contribution in [0, 0.1) is 11.6 Å². The number of anilines is 1. The maximum atomic E-state index is 12.5. The third kappa shape index (κ3) is 9.36. The molecule has 176 valence electrons. The predicted octanol–water partition coefficient (Wildman–Crippen LogP) is 3.31. The number of ether oxygens (including phenoxy) is 3. The van der Waals surface area contributed by atoms with Crippen LogP contribution in [-0.4, -0.2) is 50.3 Å². The number of hydrogen-bond donors (Lipinski definition) is 2. The van der Waals surface area contributed by atoms with Crippen LogP contribution >= 0.6 is 0 Å². The van der Waals surface area contributed by atoms with Crippen molar-refractivity contribution in [1.82, 2.24) is 4.98 Å². The van der Waals surface area contributed by atoms with Crippen molar-refractivity contribution in [2.45, 2.75) is 32.3 Å². The van der Waals surface area contributed by atoms with Gasteiger partial charge in [-0.25, -0.2) is 9.37 Å². The Morgan fingerprint density at radius 2 is 2.00 bits per heavy atom. The fourth-order valence-corrected chi connectivity index (χ4v) is 2.47. The molecule has 10 heteroatoms. The number of pyridine rings is 1. The number of rotatable bonds is 6. The Hall–Kier alpha value is -3.11. The van der Waals surface area contributed by atoms with Crippen molar-refractivity contribution < 1.29 is 32.6 Å². The number of halogens is 2. The summed E-state index contributed by atoms with van der Waals surface area (Å²) in [4.78, 5) is 26.3. The molecule has 2 heterocycles. The van der Waals surface area contributed by atoms with Gasteiger partial charge >= 0.3 is 0 Å². The molecule has 3 rings (SSSR count). The van der Waals surface area contributed by atoms with E-state index in [1.807, 2.05) is 0 Å². The molecular weight excluding hydrogens is 424 g/mol. The number of nitrogens with zero attached hydrogens (tertiary/aromatic N) is 1. The lowest BCUT2D eigenvalue weighted by atomic mass is 10.2. The van der Waals surface area contributed by atoms with E-state index in [4.69, 9.17) is 15.2 Å². The molecule has 1 aromatic carbocycles. The average Bonchev–Trinajstić information content (AvgIpc) is 3.33. The summed E-state index contributed by atoms with van der Waals surface area (Å²) in [7, 11) is 3.00. The number of amides is 2. The number of methoxy groups -OCH3 is 2. The van der Waals surface area contributed by atoms with Crippen molar-refractivity contribution in [2.24, 2.45) is 5.73 Å². The van der Waals surface area contributed by atoms with E-state index in [0.29, 0.717) is 12.3 Å². The number of carbonyl (C=O) groups is 2. The van der Waals surface area contributed by atoms with Gasteiger partial charge in [0, 0.05) is 20.3 Å². The quantitative estimate of drug-likeness (QED) is 0.694. The van der Waals surface area contributed by atoms with Gasteiger partial charge in [-0.05, 0) is 43.5 Å². The molecule has 1 saturated heterocycles. The number of benzene rings is 1. The first kappa shape index (κ1) is 26.9. The van der Waals surface area contributed by atoms with Gasteiger partial charge in [-0.15, -0.1) is 0 Å². The molecule has 2 aromatic rings. The van der Waals surface area contributed by atoms with Gasteiger partial charge in [0.1, 0.15) is 11.8 Å². The average molecular weight is 453 g/mol. The molecule has 1 aromatic heterocycles. The molecule has 32 heavy (non-hydrogen) atoms. The molecule has 3 N–H and O–H groups in total. The summed E-state index contributed by atoms with van der Waals surface area (Å²) in [5, 5.41) is 2.67. The first-order valence-corrected chi connectivity index (χ1v) is 9.99. The van der Waals surface area contributed by atoms with Crippen LogP contribution in [0.5, 0.6) is 5.75 Å². The van der Waals surface area contributed by atoms with Crippen LogP contribution in [0.3, 0.4) is 0 Å². The fraction of sp³-hybridized carbons (Fsp3) is 0.409. The molecule has 2 amide bonds. The van der Waals surface area contributed by atoms with Gasteiger partial charge in [-0.1, -0.05) is 13.0 Å². The van der Waals surface area contributed by atoms with Crippen LogP contribution < -0.4 is 15.8 Å². The lowest BCUT2D eigenvalue weighted by Crippen LogP contribution is -2.27. The van der Waals surface area contributed by atoms with Crippen molar-refractivity contribution in [2.75, 3.05) is 32.8 Å². The zero-order valence-corrected chi connectivity index (χ0v) is 18.4. The smallest absolute Gasteiger partial charge is 0.267 e. The highest BCUT2D eigenvalue weighted by Crippen LogP contribution is 2.18. The number of nitrogens with two attached hydrogens (primary N) is 1. The zero-order valence-electron chi connectivity index (χ0n) is 18.4. The van der Waals surface area contributed by atoms with Crippen LogP contribution in [0.15, 0.2) is 36.5 Å². The number of hydrogen-bond acceptors (Lipinski definition) is 6. The van der Waals surface area contributed by atoms with E-state index in [1.165, 1.54) is 31.5 Å². The molecule has 0 unspecified atom stereocenters. The van der Waals surface area contributed by atoms with Crippen LogP contribution in [0.25, 0.3) is 0 Å². The van der Waals surface area contributed by atoms with Crippen molar-refractivity contribution >= 4 is 17.5 Å².